The van der Waals surface area contributed by atoms with Crippen molar-refractivity contribution in [2.24, 2.45) is 11.8 Å². The fraction of sp³-hybridized carbons (Fsp3) is 0.943. The van der Waals surface area contributed by atoms with Crippen LogP contribution in [0.15, 0.2) is 0 Å². The Kier molecular flexibility index (Phi) is 25.0. The van der Waals surface area contributed by atoms with Gasteiger partial charge in [-0.2, -0.15) is 0 Å². The van der Waals surface area contributed by atoms with Gasteiger partial charge in [0.05, 0.1) is 25.0 Å². The predicted molar refractivity (Wildman–Crippen MR) is 165 cm³/mol. The second kappa shape index (κ2) is 27.1. The number of carbonyl (C=O) groups is 2. The molecule has 0 spiro atoms. The molecule has 0 bridgehead atoms. The van der Waals surface area contributed by atoms with Crippen LogP contribution >= 0.6 is 0 Å². The number of hydrogen-bond acceptors (Lipinski definition) is 4. The molecule has 230 valence electrons. The monoisotopic (exact) mass is 550 g/mol. The average molecular weight is 551 g/mol. The highest BCUT2D eigenvalue weighted by Gasteiger charge is 2.37. The van der Waals surface area contributed by atoms with Crippen molar-refractivity contribution in [3.8, 4) is 0 Å². The summed E-state index contributed by atoms with van der Waals surface area (Å²) in [6.07, 6.45) is 33.2. The largest absolute Gasteiger partial charge is 0.465 e. The van der Waals surface area contributed by atoms with Gasteiger partial charge in [-0.3, -0.25) is 9.59 Å². The molecule has 1 aliphatic carbocycles. The summed E-state index contributed by atoms with van der Waals surface area (Å²) in [6, 6.07) is 0. The molecular weight excluding hydrogens is 484 g/mol. The van der Waals surface area contributed by atoms with Crippen LogP contribution in [-0.2, 0) is 19.1 Å². The molecule has 39 heavy (non-hydrogen) atoms. The number of ether oxygens (including phenoxy) is 2. The van der Waals surface area contributed by atoms with Crippen molar-refractivity contribution in [3.05, 3.63) is 0 Å². The first-order valence-electron chi connectivity index (χ1n) is 17.5. The number of unbranched alkanes of at least 4 members (excludes halogenated alkanes) is 21. The topological polar surface area (TPSA) is 52.6 Å². The van der Waals surface area contributed by atoms with Crippen LogP contribution in [0.4, 0.5) is 0 Å². The molecule has 1 fully saturated rings. The van der Waals surface area contributed by atoms with Crippen molar-refractivity contribution < 1.29 is 19.1 Å². The smallest absolute Gasteiger partial charge is 0.309 e. The summed E-state index contributed by atoms with van der Waals surface area (Å²) < 4.78 is 11.2. The van der Waals surface area contributed by atoms with Gasteiger partial charge < -0.3 is 9.47 Å². The summed E-state index contributed by atoms with van der Waals surface area (Å²) in [6.45, 7) is 5.51. The molecule has 0 saturated heterocycles. The van der Waals surface area contributed by atoms with Gasteiger partial charge in [0.25, 0.3) is 0 Å². The molecule has 2 unspecified atom stereocenters. The van der Waals surface area contributed by atoms with Crippen LogP contribution in [0.2, 0.25) is 0 Å². The summed E-state index contributed by atoms with van der Waals surface area (Å²) in [5, 5.41) is 0. The van der Waals surface area contributed by atoms with E-state index in [1.165, 1.54) is 122 Å². The highest BCUT2D eigenvalue weighted by atomic mass is 16.5. The second-order valence-corrected chi connectivity index (χ2v) is 12.3. The van der Waals surface area contributed by atoms with Crippen LogP contribution in [0.5, 0.6) is 0 Å². The Labute approximate surface area is 243 Å². The van der Waals surface area contributed by atoms with Crippen LogP contribution in [0.3, 0.4) is 0 Å². The van der Waals surface area contributed by atoms with Crippen molar-refractivity contribution in [2.45, 2.75) is 187 Å². The van der Waals surface area contributed by atoms with Gasteiger partial charge in [0.1, 0.15) is 0 Å². The lowest BCUT2D eigenvalue weighted by Gasteiger charge is -2.28. The lowest BCUT2D eigenvalue weighted by Crippen LogP contribution is -2.35. The van der Waals surface area contributed by atoms with E-state index in [0.717, 1.165) is 51.4 Å². The minimum absolute atomic E-state index is 0.172. The number of carbonyl (C=O) groups excluding carboxylic acids is 2. The summed E-state index contributed by atoms with van der Waals surface area (Å²) in [7, 11) is 0. The van der Waals surface area contributed by atoms with E-state index in [-0.39, 0.29) is 23.8 Å². The van der Waals surface area contributed by atoms with Gasteiger partial charge in [-0.1, -0.05) is 162 Å². The third-order valence-corrected chi connectivity index (χ3v) is 8.61. The zero-order valence-corrected chi connectivity index (χ0v) is 26.3. The Hall–Kier alpha value is -1.06. The molecule has 1 aliphatic rings. The van der Waals surface area contributed by atoms with E-state index in [2.05, 4.69) is 13.8 Å². The summed E-state index contributed by atoms with van der Waals surface area (Å²) >= 11 is 0. The molecule has 0 aromatic carbocycles. The van der Waals surface area contributed by atoms with Crippen LogP contribution in [0, 0.1) is 11.8 Å². The highest BCUT2D eigenvalue weighted by Crippen LogP contribution is 2.32. The van der Waals surface area contributed by atoms with E-state index in [0.29, 0.717) is 13.2 Å². The van der Waals surface area contributed by atoms with Gasteiger partial charge in [-0.25, -0.2) is 0 Å². The Morgan fingerprint density at radius 3 is 0.974 bits per heavy atom. The molecule has 0 aromatic heterocycles. The van der Waals surface area contributed by atoms with E-state index >= 15 is 0 Å². The molecule has 0 aromatic rings. The minimum atomic E-state index is -0.305. The van der Waals surface area contributed by atoms with Crippen LogP contribution in [0.25, 0.3) is 0 Å². The second-order valence-electron chi connectivity index (χ2n) is 12.3. The lowest BCUT2D eigenvalue weighted by molar-refractivity contribution is -0.163. The van der Waals surface area contributed by atoms with Gasteiger partial charge in [0.15, 0.2) is 0 Å². The maximum absolute atomic E-state index is 12.8. The van der Waals surface area contributed by atoms with E-state index in [1.54, 1.807) is 0 Å². The van der Waals surface area contributed by atoms with E-state index < -0.39 is 0 Å². The summed E-state index contributed by atoms with van der Waals surface area (Å²) in [5.74, 6) is -0.954. The first-order chi connectivity index (χ1) is 19.2. The van der Waals surface area contributed by atoms with Gasteiger partial charge in [-0.15, -0.1) is 0 Å². The van der Waals surface area contributed by atoms with E-state index in [9.17, 15) is 9.59 Å². The van der Waals surface area contributed by atoms with Crippen molar-refractivity contribution in [1.82, 2.24) is 0 Å². The van der Waals surface area contributed by atoms with Crippen molar-refractivity contribution in [3.63, 3.8) is 0 Å². The predicted octanol–water partition coefficient (Wildman–Crippen LogP) is 10.9. The normalized spacial score (nSPS) is 17.3. The van der Waals surface area contributed by atoms with Crippen LogP contribution < -0.4 is 0 Å². The standard InChI is InChI=1S/C35H66O4/c1-3-5-7-9-11-13-14-15-16-17-19-21-23-27-31-39-35(37)33-29-25-24-28-32(33)34(36)38-30-26-22-20-18-12-10-8-6-4-2/h32-33H,3-31H2,1-2H3. The van der Waals surface area contributed by atoms with Gasteiger partial charge in [-0.05, 0) is 25.7 Å². The molecule has 0 radical (unpaired) electrons. The van der Waals surface area contributed by atoms with Crippen LogP contribution in [-0.4, -0.2) is 25.2 Å². The van der Waals surface area contributed by atoms with Gasteiger partial charge >= 0.3 is 11.9 Å². The zero-order valence-electron chi connectivity index (χ0n) is 26.3. The third kappa shape index (κ3) is 20.5. The van der Waals surface area contributed by atoms with Gasteiger partial charge in [0.2, 0.25) is 0 Å². The van der Waals surface area contributed by atoms with E-state index in [1.807, 2.05) is 0 Å². The molecule has 4 nitrogen and oxygen atoms in total. The van der Waals surface area contributed by atoms with Gasteiger partial charge in [0, 0.05) is 0 Å². The fourth-order valence-electron chi connectivity index (χ4n) is 5.96. The maximum Gasteiger partial charge on any atom is 0.309 e. The first kappa shape index (κ1) is 36.0. The zero-order chi connectivity index (χ0) is 28.2. The summed E-state index contributed by atoms with van der Waals surface area (Å²) in [4.78, 5) is 25.5. The quantitative estimate of drug-likeness (QED) is 0.0754. The molecule has 0 amide bonds. The fourth-order valence-corrected chi connectivity index (χ4v) is 5.96. The molecule has 1 rings (SSSR count). The van der Waals surface area contributed by atoms with Crippen molar-refractivity contribution in [2.75, 3.05) is 13.2 Å². The number of esters is 2. The van der Waals surface area contributed by atoms with Crippen molar-refractivity contribution in [1.29, 1.82) is 0 Å². The highest BCUT2D eigenvalue weighted by molar-refractivity contribution is 5.82. The number of rotatable bonds is 27. The Morgan fingerprint density at radius 2 is 0.692 bits per heavy atom. The van der Waals surface area contributed by atoms with Crippen molar-refractivity contribution >= 4 is 11.9 Å². The average Bonchev–Trinajstić information content (AvgIpc) is 2.95. The Balaban J connectivity index is 2.02. The van der Waals surface area contributed by atoms with E-state index in [4.69, 9.17) is 9.47 Å². The molecule has 2 atom stereocenters. The molecule has 4 heteroatoms. The number of hydrogen-bond donors (Lipinski definition) is 0. The van der Waals surface area contributed by atoms with Crippen LogP contribution in [0.1, 0.15) is 187 Å². The Bertz CT molecular complexity index is 561. The first-order valence-corrected chi connectivity index (χ1v) is 17.5. The maximum atomic E-state index is 12.8. The molecule has 0 heterocycles. The molecule has 0 N–H and O–H groups in total. The molecule has 0 aliphatic heterocycles. The lowest BCUT2D eigenvalue weighted by atomic mass is 9.79. The summed E-state index contributed by atoms with van der Waals surface area (Å²) in [5.41, 5.74) is 0. The molecule has 1 saturated carbocycles. The molecular formula is C35H66O4. The Morgan fingerprint density at radius 1 is 0.436 bits per heavy atom. The SMILES string of the molecule is CCCCCCCCCCCCCCCCOC(=O)C1CCCCC1C(=O)OCCCCCCCCCCC. The minimum Gasteiger partial charge on any atom is -0.465 e. The third-order valence-electron chi connectivity index (χ3n) is 8.61.